The van der Waals surface area contributed by atoms with Crippen LogP contribution >= 0.6 is 0 Å². The number of amidine groups is 1. The lowest BCUT2D eigenvalue weighted by Gasteiger charge is -2.26. The molecule has 1 amide bonds. The van der Waals surface area contributed by atoms with Gasteiger partial charge in [-0.15, -0.1) is 0 Å². The van der Waals surface area contributed by atoms with E-state index in [1.807, 2.05) is 0 Å². The number of nitrogens with zero attached hydrogens (tertiary/aromatic N) is 3. The second kappa shape index (κ2) is 9.83. The number of carbonyl (C=O) groups is 1. The normalized spacial score (nSPS) is 17.3. The molecule has 166 valence electrons. The third-order valence-corrected chi connectivity index (χ3v) is 5.11. The fourth-order valence-electron chi connectivity index (χ4n) is 3.47. The van der Waals surface area contributed by atoms with Crippen LogP contribution in [-0.4, -0.2) is 35.8 Å². The smallest absolute Gasteiger partial charge is 0.254 e. The molecular formula is C23H25FN6O2. The Balaban J connectivity index is 1.83. The number of ether oxygens (including phenoxy) is 1. The van der Waals surface area contributed by atoms with Crippen molar-refractivity contribution >= 4 is 17.4 Å². The highest BCUT2D eigenvalue weighted by atomic mass is 19.1. The maximum absolute atomic E-state index is 14.0. The number of aliphatic imine (C=N–C) groups is 1. The first-order chi connectivity index (χ1) is 15.3. The highest BCUT2D eigenvalue weighted by Crippen LogP contribution is 2.26. The van der Waals surface area contributed by atoms with Crippen LogP contribution in [0.25, 0.3) is 5.70 Å². The number of benzene rings is 2. The van der Waals surface area contributed by atoms with E-state index in [4.69, 9.17) is 27.2 Å². The Hall–Kier alpha value is -4.06. The van der Waals surface area contributed by atoms with Gasteiger partial charge in [0.15, 0.2) is 17.8 Å². The average Bonchev–Trinajstić information content (AvgIpc) is 2.76. The van der Waals surface area contributed by atoms with Gasteiger partial charge in [0.1, 0.15) is 17.2 Å². The minimum absolute atomic E-state index is 0.0677. The summed E-state index contributed by atoms with van der Waals surface area (Å²) >= 11 is 0. The third kappa shape index (κ3) is 5.35. The molecule has 8 nitrogen and oxygen atoms in total. The number of carbonyl (C=O) groups excluding carboxylic acids is 1. The molecule has 2 aromatic rings. The Labute approximate surface area is 185 Å². The molecule has 0 bridgehead atoms. The molecule has 1 aliphatic heterocycles. The van der Waals surface area contributed by atoms with Crippen molar-refractivity contribution < 1.29 is 13.9 Å². The zero-order valence-corrected chi connectivity index (χ0v) is 17.7. The van der Waals surface area contributed by atoms with E-state index in [0.29, 0.717) is 24.4 Å². The van der Waals surface area contributed by atoms with Gasteiger partial charge in [0.2, 0.25) is 0 Å². The largest absolute Gasteiger partial charge is 0.454 e. The zero-order valence-electron chi connectivity index (χ0n) is 17.7. The van der Waals surface area contributed by atoms with Gasteiger partial charge in [-0.2, -0.15) is 5.26 Å². The summed E-state index contributed by atoms with van der Waals surface area (Å²) in [5.74, 6) is -0.850. The lowest BCUT2D eigenvalue weighted by molar-refractivity contribution is -0.114. The minimum Gasteiger partial charge on any atom is -0.454 e. The number of aryl methyl sites for hydroxylation is 1. The second-order valence-corrected chi connectivity index (χ2v) is 7.57. The van der Waals surface area contributed by atoms with Gasteiger partial charge < -0.3 is 26.8 Å². The van der Waals surface area contributed by atoms with Crippen LogP contribution in [0.15, 0.2) is 53.0 Å². The summed E-state index contributed by atoms with van der Waals surface area (Å²) in [5.41, 5.74) is 19.1. The van der Waals surface area contributed by atoms with E-state index in [9.17, 15) is 9.18 Å². The number of halogens is 1. The van der Waals surface area contributed by atoms with Gasteiger partial charge in [-0.25, -0.2) is 4.39 Å². The first-order valence-electron chi connectivity index (χ1n) is 10.1. The summed E-state index contributed by atoms with van der Waals surface area (Å²) in [6.07, 6.45) is 3.63. The zero-order chi connectivity index (χ0) is 23.3. The van der Waals surface area contributed by atoms with Crippen LogP contribution < -0.4 is 21.9 Å². The lowest BCUT2D eigenvalue weighted by Crippen LogP contribution is -2.37. The fourth-order valence-corrected chi connectivity index (χ4v) is 3.47. The van der Waals surface area contributed by atoms with Crippen molar-refractivity contribution in [3.63, 3.8) is 0 Å². The Kier molecular flexibility index (Phi) is 6.95. The monoisotopic (exact) mass is 436 g/mol. The molecule has 0 radical (unpaired) electrons. The molecule has 1 unspecified atom stereocenters. The molecule has 9 heteroatoms. The molecule has 0 aliphatic carbocycles. The second-order valence-electron chi connectivity index (χ2n) is 7.57. The fraction of sp³-hybridized carbons (Fsp3) is 0.261. The quantitative estimate of drug-likeness (QED) is 0.274. The van der Waals surface area contributed by atoms with Crippen molar-refractivity contribution in [2.75, 3.05) is 13.1 Å². The molecule has 3 rings (SSSR count). The van der Waals surface area contributed by atoms with E-state index in [-0.39, 0.29) is 28.9 Å². The van der Waals surface area contributed by atoms with Gasteiger partial charge in [-0.05, 0) is 67.3 Å². The molecule has 1 fully saturated rings. The lowest BCUT2D eigenvalue weighted by atomic mass is 10.0. The summed E-state index contributed by atoms with van der Waals surface area (Å²) < 4.78 is 19.6. The molecule has 0 saturated carbocycles. The predicted molar refractivity (Wildman–Crippen MR) is 120 cm³/mol. The van der Waals surface area contributed by atoms with E-state index in [1.165, 1.54) is 6.07 Å². The molecule has 1 saturated heterocycles. The number of likely N-dealkylation sites (tertiary alicyclic amines) is 1. The Morgan fingerprint density at radius 2 is 1.94 bits per heavy atom. The van der Waals surface area contributed by atoms with E-state index in [2.05, 4.69) is 11.2 Å². The van der Waals surface area contributed by atoms with Crippen LogP contribution in [-0.2, 0) is 4.79 Å². The van der Waals surface area contributed by atoms with Crippen LogP contribution in [0.2, 0.25) is 0 Å². The topological polar surface area (TPSA) is 144 Å². The highest BCUT2D eigenvalue weighted by molar-refractivity contribution is 6.24. The third-order valence-electron chi connectivity index (χ3n) is 5.11. The van der Waals surface area contributed by atoms with E-state index >= 15 is 0 Å². The summed E-state index contributed by atoms with van der Waals surface area (Å²) in [6.45, 7) is 2.88. The van der Waals surface area contributed by atoms with Crippen LogP contribution in [0.3, 0.4) is 0 Å². The molecule has 1 heterocycles. The van der Waals surface area contributed by atoms with Crippen molar-refractivity contribution in [3.05, 3.63) is 65.0 Å². The molecule has 1 aliphatic rings. The van der Waals surface area contributed by atoms with Crippen molar-refractivity contribution in [1.29, 1.82) is 5.26 Å². The van der Waals surface area contributed by atoms with Gasteiger partial charge >= 0.3 is 0 Å². The SMILES string of the molecule is Cc1ccc(Oc2ccc(C(N)=C(C(N)=O)C(N)=NC3CCCN(C#N)C3)cc2)c(F)c1. The van der Waals surface area contributed by atoms with Crippen LogP contribution in [0, 0.1) is 24.2 Å². The summed E-state index contributed by atoms with van der Waals surface area (Å²) in [6, 6.07) is 10.9. The average molecular weight is 436 g/mol. The number of hydrogen-bond acceptors (Lipinski definition) is 6. The molecule has 6 N–H and O–H groups in total. The molecule has 0 aromatic heterocycles. The number of nitriles is 1. The van der Waals surface area contributed by atoms with E-state index in [1.54, 1.807) is 48.2 Å². The van der Waals surface area contributed by atoms with Gasteiger partial charge in [0.05, 0.1) is 18.3 Å². The van der Waals surface area contributed by atoms with Gasteiger partial charge in [0, 0.05) is 6.54 Å². The molecule has 1 atom stereocenters. The Morgan fingerprint density at radius 1 is 1.22 bits per heavy atom. The van der Waals surface area contributed by atoms with E-state index in [0.717, 1.165) is 18.4 Å². The first kappa shape index (κ1) is 22.6. The predicted octanol–water partition coefficient (Wildman–Crippen LogP) is 2.38. The molecule has 0 spiro atoms. The number of rotatable bonds is 6. The first-order valence-corrected chi connectivity index (χ1v) is 10.1. The minimum atomic E-state index is -0.807. The standard InChI is InChI=1S/C23H25FN6O2/c1-14-4-9-19(18(24)11-14)32-17-7-5-15(6-8-17)21(26)20(23(28)31)22(27)29-16-3-2-10-30(12-16)13-25/h4-9,11,16H,2-3,10,12,26H2,1H3,(H2,27,29)(H2,28,31). The van der Waals surface area contributed by atoms with Gasteiger partial charge in [-0.3, -0.25) is 9.79 Å². The summed E-state index contributed by atoms with van der Waals surface area (Å²) in [5, 5.41) is 9.08. The summed E-state index contributed by atoms with van der Waals surface area (Å²) in [7, 11) is 0. The van der Waals surface area contributed by atoms with Crippen molar-refractivity contribution in [1.82, 2.24) is 4.90 Å². The maximum Gasteiger partial charge on any atom is 0.254 e. The Morgan fingerprint density at radius 3 is 2.56 bits per heavy atom. The van der Waals surface area contributed by atoms with E-state index < -0.39 is 11.7 Å². The number of piperidine rings is 1. The number of amides is 1. The van der Waals surface area contributed by atoms with Gasteiger partial charge in [0.25, 0.3) is 5.91 Å². The number of primary amides is 1. The van der Waals surface area contributed by atoms with Crippen LogP contribution in [0.1, 0.15) is 24.0 Å². The molecule has 32 heavy (non-hydrogen) atoms. The molecular weight excluding hydrogens is 411 g/mol. The number of hydrogen-bond donors (Lipinski definition) is 3. The maximum atomic E-state index is 14.0. The van der Waals surface area contributed by atoms with Gasteiger partial charge in [-0.1, -0.05) is 6.07 Å². The molecule has 2 aromatic carbocycles. The van der Waals surface area contributed by atoms with Crippen molar-refractivity contribution in [3.8, 4) is 17.7 Å². The Bertz CT molecular complexity index is 1100. The van der Waals surface area contributed by atoms with Crippen molar-refractivity contribution in [2.45, 2.75) is 25.8 Å². The summed E-state index contributed by atoms with van der Waals surface area (Å²) in [4.78, 5) is 18.1. The van der Waals surface area contributed by atoms with Crippen LogP contribution in [0.4, 0.5) is 4.39 Å². The highest BCUT2D eigenvalue weighted by Gasteiger charge is 2.22. The van der Waals surface area contributed by atoms with Crippen LogP contribution in [0.5, 0.6) is 11.5 Å². The van der Waals surface area contributed by atoms with Crippen molar-refractivity contribution in [2.24, 2.45) is 22.2 Å². The number of nitrogens with two attached hydrogens (primary N) is 3.